The molecule has 114 valence electrons. The van der Waals surface area contributed by atoms with Gasteiger partial charge >= 0.3 is 0 Å². The second-order valence-corrected chi connectivity index (χ2v) is 7.96. The van der Waals surface area contributed by atoms with E-state index in [9.17, 15) is 8.42 Å². The van der Waals surface area contributed by atoms with Crippen molar-refractivity contribution < 1.29 is 12.8 Å². The number of aryl methyl sites for hydroxylation is 1. The summed E-state index contributed by atoms with van der Waals surface area (Å²) in [5.74, 6) is 1.28. The van der Waals surface area contributed by atoms with Gasteiger partial charge in [-0.2, -0.15) is 0 Å². The Labute approximate surface area is 140 Å². The Kier molecular flexibility index (Phi) is 4.82. The van der Waals surface area contributed by atoms with Crippen molar-refractivity contribution in [1.82, 2.24) is 4.72 Å². The molecule has 1 aromatic heterocycles. The smallest absolute Gasteiger partial charge is 0.243 e. The number of nitrogens with one attached hydrogen (secondary N) is 1. The molecule has 2 aromatic rings. The van der Waals surface area contributed by atoms with Crippen LogP contribution in [0.4, 0.5) is 5.69 Å². The molecule has 0 bridgehead atoms. The highest BCUT2D eigenvalue weighted by atomic mass is 79.9. The van der Waals surface area contributed by atoms with E-state index in [1.54, 1.807) is 38.1 Å². The number of nitrogens with two attached hydrogens (primary N) is 1. The van der Waals surface area contributed by atoms with Crippen LogP contribution in [0.5, 0.6) is 0 Å². The van der Waals surface area contributed by atoms with Crippen LogP contribution in [-0.4, -0.2) is 8.42 Å². The largest absolute Gasteiger partial charge is 0.465 e. The van der Waals surface area contributed by atoms with Gasteiger partial charge in [-0.3, -0.25) is 0 Å². The van der Waals surface area contributed by atoms with E-state index in [1.807, 2.05) is 0 Å². The second kappa shape index (κ2) is 6.12. The van der Waals surface area contributed by atoms with Crippen LogP contribution < -0.4 is 10.5 Å². The fourth-order valence-corrected chi connectivity index (χ4v) is 5.70. The van der Waals surface area contributed by atoms with Crippen molar-refractivity contribution in [1.29, 1.82) is 0 Å². The molecule has 1 aromatic carbocycles. The van der Waals surface area contributed by atoms with Crippen LogP contribution in [-0.2, 0) is 10.0 Å². The van der Waals surface area contributed by atoms with E-state index >= 15 is 0 Å². The van der Waals surface area contributed by atoms with Crippen LogP contribution in [0.1, 0.15) is 24.5 Å². The molecule has 0 aliphatic heterocycles. The average molecular weight is 438 g/mol. The molecule has 1 atom stereocenters. The molecule has 5 nitrogen and oxygen atoms in total. The highest BCUT2D eigenvalue weighted by molar-refractivity contribution is 9.11. The number of hydrogen-bond acceptors (Lipinski definition) is 4. The van der Waals surface area contributed by atoms with Gasteiger partial charge in [-0.1, -0.05) is 0 Å². The van der Waals surface area contributed by atoms with Crippen molar-refractivity contribution >= 4 is 47.6 Å². The van der Waals surface area contributed by atoms with Crippen molar-refractivity contribution in [3.63, 3.8) is 0 Å². The molecule has 8 heteroatoms. The lowest BCUT2D eigenvalue weighted by Crippen LogP contribution is -2.27. The van der Waals surface area contributed by atoms with Gasteiger partial charge in [0.05, 0.1) is 6.04 Å². The first-order valence-corrected chi connectivity index (χ1v) is 9.11. The summed E-state index contributed by atoms with van der Waals surface area (Å²) in [4.78, 5) is 0.104. The summed E-state index contributed by atoms with van der Waals surface area (Å²) in [5.41, 5.74) is 6.14. The number of nitrogen functional groups attached to an aromatic ring is 1. The Morgan fingerprint density at radius 3 is 2.29 bits per heavy atom. The molecule has 0 fully saturated rings. The molecular weight excluding hydrogens is 424 g/mol. The summed E-state index contributed by atoms with van der Waals surface area (Å²) in [6.07, 6.45) is 0. The first kappa shape index (κ1) is 16.5. The highest BCUT2D eigenvalue weighted by Gasteiger charge is 2.25. The summed E-state index contributed by atoms with van der Waals surface area (Å²) in [5, 5.41) is 0. The first-order valence-electron chi connectivity index (χ1n) is 6.04. The van der Waals surface area contributed by atoms with Crippen LogP contribution in [0, 0.1) is 6.92 Å². The van der Waals surface area contributed by atoms with Crippen molar-refractivity contribution in [3.8, 4) is 0 Å². The molecule has 0 spiro atoms. The standard InChI is InChI=1S/C13H14Br2N2O3S/c1-7-3-4-12(20-7)8(2)17-21(18,19)13-10(14)5-9(16)6-11(13)15/h3-6,8,17H,16H2,1-2H3. The van der Waals surface area contributed by atoms with E-state index in [0.29, 0.717) is 20.4 Å². The minimum Gasteiger partial charge on any atom is -0.465 e. The Hall–Kier alpha value is -0.830. The lowest BCUT2D eigenvalue weighted by molar-refractivity contribution is 0.441. The van der Waals surface area contributed by atoms with Crippen LogP contribution >= 0.6 is 31.9 Å². The summed E-state index contributed by atoms with van der Waals surface area (Å²) in [6.45, 7) is 3.52. The average Bonchev–Trinajstić information content (AvgIpc) is 2.73. The SMILES string of the molecule is Cc1ccc(C(C)NS(=O)(=O)c2c(Br)cc(N)cc2Br)o1. The van der Waals surface area contributed by atoms with Crippen molar-refractivity contribution in [2.75, 3.05) is 5.73 Å². The van der Waals surface area contributed by atoms with Gasteiger partial charge in [0, 0.05) is 14.6 Å². The number of rotatable bonds is 4. The lowest BCUT2D eigenvalue weighted by Gasteiger charge is -2.15. The minimum absolute atomic E-state index is 0.104. The molecule has 1 heterocycles. The molecule has 1 unspecified atom stereocenters. The molecule has 0 saturated heterocycles. The highest BCUT2D eigenvalue weighted by Crippen LogP contribution is 2.33. The zero-order chi connectivity index (χ0) is 15.8. The van der Waals surface area contributed by atoms with Crippen molar-refractivity contribution in [2.45, 2.75) is 24.8 Å². The van der Waals surface area contributed by atoms with E-state index in [0.717, 1.165) is 5.76 Å². The van der Waals surface area contributed by atoms with E-state index < -0.39 is 16.1 Å². The van der Waals surface area contributed by atoms with Crippen molar-refractivity contribution in [2.24, 2.45) is 0 Å². The van der Waals surface area contributed by atoms with Gasteiger partial charge in [-0.25, -0.2) is 13.1 Å². The molecule has 21 heavy (non-hydrogen) atoms. The quantitative estimate of drug-likeness (QED) is 0.713. The summed E-state index contributed by atoms with van der Waals surface area (Å²) < 4.78 is 33.8. The van der Waals surface area contributed by atoms with Crippen LogP contribution in [0.2, 0.25) is 0 Å². The number of sulfonamides is 1. The molecule has 2 rings (SSSR count). The Morgan fingerprint density at radius 1 is 1.24 bits per heavy atom. The van der Waals surface area contributed by atoms with Gasteiger partial charge in [0.2, 0.25) is 10.0 Å². The maximum absolute atomic E-state index is 12.5. The van der Waals surface area contributed by atoms with Crippen LogP contribution in [0.25, 0.3) is 0 Å². The second-order valence-electron chi connectivity index (χ2n) is 4.61. The molecule has 0 aliphatic carbocycles. The van der Waals surface area contributed by atoms with Gasteiger partial charge in [0.1, 0.15) is 16.4 Å². The molecular formula is C13H14Br2N2O3S. The topological polar surface area (TPSA) is 85.3 Å². The Morgan fingerprint density at radius 2 is 1.81 bits per heavy atom. The fraction of sp³-hybridized carbons (Fsp3) is 0.231. The normalized spacial score (nSPS) is 13.3. The van der Waals surface area contributed by atoms with E-state index in [-0.39, 0.29) is 4.90 Å². The molecule has 0 saturated carbocycles. The number of anilines is 1. The molecule has 0 amide bonds. The Balaban J connectivity index is 2.35. The summed E-state index contributed by atoms with van der Waals surface area (Å²) in [7, 11) is -3.74. The zero-order valence-electron chi connectivity index (χ0n) is 11.4. The van der Waals surface area contributed by atoms with Crippen LogP contribution in [0.15, 0.2) is 42.5 Å². The lowest BCUT2D eigenvalue weighted by atomic mass is 10.3. The first-order chi connectivity index (χ1) is 9.70. The van der Waals surface area contributed by atoms with Crippen molar-refractivity contribution in [3.05, 3.63) is 44.7 Å². The summed E-state index contributed by atoms with van der Waals surface area (Å²) >= 11 is 6.46. The van der Waals surface area contributed by atoms with E-state index in [2.05, 4.69) is 36.6 Å². The monoisotopic (exact) mass is 436 g/mol. The number of benzene rings is 1. The van der Waals surface area contributed by atoms with Gasteiger partial charge in [-0.15, -0.1) is 0 Å². The minimum atomic E-state index is -3.74. The van der Waals surface area contributed by atoms with E-state index in [4.69, 9.17) is 10.2 Å². The van der Waals surface area contributed by atoms with Gasteiger partial charge in [-0.05, 0) is 70.0 Å². The van der Waals surface area contributed by atoms with E-state index in [1.165, 1.54) is 0 Å². The van der Waals surface area contributed by atoms with Crippen LogP contribution in [0.3, 0.4) is 0 Å². The predicted molar refractivity (Wildman–Crippen MR) is 88.4 cm³/mol. The number of furan rings is 1. The molecule has 0 aliphatic rings. The maximum Gasteiger partial charge on any atom is 0.243 e. The third-order valence-corrected chi connectivity index (χ3v) is 6.23. The van der Waals surface area contributed by atoms with Gasteiger partial charge < -0.3 is 10.2 Å². The fourth-order valence-electron chi connectivity index (χ4n) is 1.87. The molecule has 3 N–H and O–H groups in total. The third-order valence-electron chi connectivity index (χ3n) is 2.81. The van der Waals surface area contributed by atoms with Gasteiger partial charge in [0.25, 0.3) is 0 Å². The van der Waals surface area contributed by atoms with Gasteiger partial charge in [0.15, 0.2) is 0 Å². The maximum atomic E-state index is 12.5. The summed E-state index contributed by atoms with van der Waals surface area (Å²) in [6, 6.07) is 6.13. The third kappa shape index (κ3) is 3.68. The number of halogens is 2. The zero-order valence-corrected chi connectivity index (χ0v) is 15.3. The number of hydrogen-bond donors (Lipinski definition) is 2. The predicted octanol–water partition coefficient (Wildman–Crippen LogP) is 3.73. The Bertz CT molecular complexity index is 748. The molecule has 0 radical (unpaired) electrons.